The molecule has 0 aliphatic carbocycles. The van der Waals surface area contributed by atoms with Crippen LogP contribution in [0.1, 0.15) is 26.7 Å². The molecule has 1 rings (SSSR count). The summed E-state index contributed by atoms with van der Waals surface area (Å²) in [6.07, 6.45) is 1.86. The van der Waals surface area contributed by atoms with E-state index in [-0.39, 0.29) is 6.09 Å². The van der Waals surface area contributed by atoms with Crippen molar-refractivity contribution < 1.29 is 9.53 Å². The van der Waals surface area contributed by atoms with E-state index in [9.17, 15) is 4.79 Å². The molecule has 0 N–H and O–H groups in total. The van der Waals surface area contributed by atoms with E-state index in [4.69, 9.17) is 4.74 Å². The van der Waals surface area contributed by atoms with E-state index >= 15 is 0 Å². The van der Waals surface area contributed by atoms with Crippen LogP contribution in [0.5, 0.6) is 0 Å². The van der Waals surface area contributed by atoms with Crippen LogP contribution in [-0.2, 0) is 4.74 Å². The van der Waals surface area contributed by atoms with Gasteiger partial charge in [-0.15, -0.1) is 0 Å². The maximum atomic E-state index is 11.0. The molecule has 0 bridgehead atoms. The van der Waals surface area contributed by atoms with Crippen molar-refractivity contribution in [3.05, 3.63) is 0 Å². The first-order valence-electron chi connectivity index (χ1n) is 4.23. The van der Waals surface area contributed by atoms with E-state index in [1.54, 1.807) is 0 Å². The van der Waals surface area contributed by atoms with Crippen molar-refractivity contribution in [1.29, 1.82) is 0 Å². The summed E-state index contributed by atoms with van der Waals surface area (Å²) >= 11 is 0. The molecule has 11 heavy (non-hydrogen) atoms. The normalized spacial score (nSPS) is 24.0. The smallest absolute Gasteiger partial charge is 0.410 e. The van der Waals surface area contributed by atoms with Crippen LogP contribution in [0.2, 0.25) is 0 Å². The summed E-state index contributed by atoms with van der Waals surface area (Å²) in [6, 6.07) is 0.322. The molecule has 0 aromatic rings. The molecule has 0 aromatic carbocycles. The van der Waals surface area contributed by atoms with Crippen LogP contribution in [0.15, 0.2) is 0 Å². The first-order valence-corrected chi connectivity index (χ1v) is 4.23. The van der Waals surface area contributed by atoms with Gasteiger partial charge in [0.05, 0.1) is 6.04 Å². The number of amides is 1. The highest BCUT2D eigenvalue weighted by atomic mass is 16.6. The number of carbonyl (C=O) groups is 1. The molecule has 1 aliphatic rings. The Balaban J connectivity index is 2.49. The molecule has 1 heterocycles. The molecule has 3 heteroatoms. The quantitative estimate of drug-likeness (QED) is 0.623. The monoisotopic (exact) mass is 157 g/mol. The van der Waals surface area contributed by atoms with Gasteiger partial charge in [-0.05, 0) is 12.8 Å². The largest absolute Gasteiger partial charge is 0.447 e. The van der Waals surface area contributed by atoms with Gasteiger partial charge in [0.1, 0.15) is 6.61 Å². The van der Waals surface area contributed by atoms with E-state index in [1.807, 2.05) is 4.90 Å². The van der Waals surface area contributed by atoms with E-state index in [0.717, 1.165) is 19.4 Å². The van der Waals surface area contributed by atoms with Crippen molar-refractivity contribution in [2.75, 3.05) is 13.2 Å². The lowest BCUT2D eigenvalue weighted by Gasteiger charge is -2.18. The topological polar surface area (TPSA) is 29.5 Å². The van der Waals surface area contributed by atoms with Crippen molar-refractivity contribution in [2.45, 2.75) is 32.7 Å². The van der Waals surface area contributed by atoms with Crippen LogP contribution in [0, 0.1) is 0 Å². The van der Waals surface area contributed by atoms with E-state index < -0.39 is 0 Å². The van der Waals surface area contributed by atoms with Gasteiger partial charge in [-0.3, -0.25) is 0 Å². The highest BCUT2D eigenvalue weighted by Gasteiger charge is 2.30. The van der Waals surface area contributed by atoms with Gasteiger partial charge >= 0.3 is 6.09 Å². The van der Waals surface area contributed by atoms with Crippen molar-refractivity contribution in [3.63, 3.8) is 0 Å². The maximum Gasteiger partial charge on any atom is 0.410 e. The zero-order chi connectivity index (χ0) is 8.27. The fraction of sp³-hybridized carbons (Fsp3) is 0.875. The van der Waals surface area contributed by atoms with Gasteiger partial charge in [-0.25, -0.2) is 4.79 Å². The lowest BCUT2D eigenvalue weighted by atomic mass is 10.2. The predicted molar refractivity (Wildman–Crippen MR) is 42.4 cm³/mol. The molecule has 1 unspecified atom stereocenters. The highest BCUT2D eigenvalue weighted by molar-refractivity contribution is 5.69. The minimum Gasteiger partial charge on any atom is -0.447 e. The first kappa shape index (κ1) is 8.37. The molecular weight excluding hydrogens is 142 g/mol. The van der Waals surface area contributed by atoms with Gasteiger partial charge in [-0.2, -0.15) is 0 Å². The van der Waals surface area contributed by atoms with Gasteiger partial charge in [0.25, 0.3) is 0 Å². The molecule has 1 aliphatic heterocycles. The predicted octanol–water partition coefficient (Wildman–Crippen LogP) is 1.63. The third-order valence-corrected chi connectivity index (χ3v) is 2.01. The second-order valence-corrected chi connectivity index (χ2v) is 2.83. The number of carbonyl (C=O) groups excluding carboxylic acids is 1. The number of nitrogens with zero attached hydrogens (tertiary/aromatic N) is 1. The summed E-state index contributed by atoms with van der Waals surface area (Å²) in [7, 11) is 0. The summed E-state index contributed by atoms with van der Waals surface area (Å²) < 4.78 is 4.91. The Hall–Kier alpha value is -0.730. The van der Waals surface area contributed by atoms with Gasteiger partial charge < -0.3 is 9.64 Å². The molecule has 3 nitrogen and oxygen atoms in total. The summed E-state index contributed by atoms with van der Waals surface area (Å²) in [5.74, 6) is 0. The van der Waals surface area contributed by atoms with Crippen molar-refractivity contribution in [2.24, 2.45) is 0 Å². The fourth-order valence-electron chi connectivity index (χ4n) is 1.34. The SMILES string of the molecule is CCCN1C(=O)OCC1CC. The Kier molecular flexibility index (Phi) is 2.74. The molecule has 1 fully saturated rings. The molecule has 1 amide bonds. The summed E-state index contributed by atoms with van der Waals surface area (Å²) in [4.78, 5) is 12.9. The van der Waals surface area contributed by atoms with Crippen LogP contribution >= 0.6 is 0 Å². The lowest BCUT2D eigenvalue weighted by molar-refractivity contribution is 0.157. The minimum absolute atomic E-state index is 0.140. The van der Waals surface area contributed by atoms with Crippen LogP contribution in [0.3, 0.4) is 0 Å². The van der Waals surface area contributed by atoms with Crippen LogP contribution in [0.4, 0.5) is 4.79 Å². The molecule has 1 saturated heterocycles. The van der Waals surface area contributed by atoms with Crippen molar-refractivity contribution in [3.8, 4) is 0 Å². The van der Waals surface area contributed by atoms with E-state index in [1.165, 1.54) is 0 Å². The van der Waals surface area contributed by atoms with E-state index in [0.29, 0.717) is 12.6 Å². The fourth-order valence-corrected chi connectivity index (χ4v) is 1.34. The number of rotatable bonds is 3. The molecule has 0 saturated carbocycles. The molecular formula is C8H15NO2. The van der Waals surface area contributed by atoms with Gasteiger partial charge in [0.2, 0.25) is 0 Å². The van der Waals surface area contributed by atoms with Crippen LogP contribution in [0.25, 0.3) is 0 Å². The Morgan fingerprint density at radius 3 is 2.91 bits per heavy atom. The lowest BCUT2D eigenvalue weighted by Crippen LogP contribution is -2.33. The van der Waals surface area contributed by atoms with Crippen LogP contribution in [-0.4, -0.2) is 30.2 Å². The summed E-state index contributed by atoms with van der Waals surface area (Å²) in [6.45, 7) is 5.56. The number of hydrogen-bond donors (Lipinski definition) is 0. The maximum absolute atomic E-state index is 11.0. The Bertz CT molecular complexity index is 147. The zero-order valence-corrected chi connectivity index (χ0v) is 7.17. The standard InChI is InChI=1S/C8H15NO2/c1-3-5-9-7(4-2)6-11-8(9)10/h7H,3-6H2,1-2H3. The Morgan fingerprint density at radius 1 is 1.64 bits per heavy atom. The third kappa shape index (κ3) is 1.64. The average molecular weight is 157 g/mol. The van der Waals surface area contributed by atoms with E-state index in [2.05, 4.69) is 13.8 Å². The van der Waals surface area contributed by atoms with Gasteiger partial charge in [-0.1, -0.05) is 13.8 Å². The molecule has 0 aromatic heterocycles. The number of cyclic esters (lactones) is 1. The third-order valence-electron chi connectivity index (χ3n) is 2.01. The van der Waals surface area contributed by atoms with Crippen LogP contribution < -0.4 is 0 Å². The highest BCUT2D eigenvalue weighted by Crippen LogP contribution is 2.14. The summed E-state index contributed by atoms with van der Waals surface area (Å²) in [5, 5.41) is 0. The number of ether oxygens (including phenoxy) is 1. The molecule has 0 radical (unpaired) electrons. The average Bonchev–Trinajstić information content (AvgIpc) is 2.34. The molecule has 0 spiro atoms. The molecule has 1 atom stereocenters. The Morgan fingerprint density at radius 2 is 2.36 bits per heavy atom. The first-order chi connectivity index (χ1) is 5.29. The molecule has 64 valence electrons. The second kappa shape index (κ2) is 3.60. The number of hydrogen-bond acceptors (Lipinski definition) is 2. The second-order valence-electron chi connectivity index (χ2n) is 2.83. The van der Waals surface area contributed by atoms with Gasteiger partial charge in [0, 0.05) is 6.54 Å². The zero-order valence-electron chi connectivity index (χ0n) is 7.17. The van der Waals surface area contributed by atoms with Crippen molar-refractivity contribution >= 4 is 6.09 Å². The summed E-state index contributed by atoms with van der Waals surface area (Å²) in [5.41, 5.74) is 0. The van der Waals surface area contributed by atoms with Crippen molar-refractivity contribution in [1.82, 2.24) is 4.90 Å². The van der Waals surface area contributed by atoms with Gasteiger partial charge in [0.15, 0.2) is 0 Å². The Labute approximate surface area is 67.3 Å². The minimum atomic E-state index is -0.140.